The normalized spacial score (nSPS) is 11.9. The molecule has 0 radical (unpaired) electrons. The third-order valence-corrected chi connectivity index (χ3v) is 16.9. The Hall–Kier alpha value is -1.59. The van der Waals surface area contributed by atoms with E-state index in [9.17, 15) is 14.4 Å². The minimum atomic E-state index is -0.763. The van der Waals surface area contributed by atoms with Crippen molar-refractivity contribution in [3.8, 4) is 0 Å². The van der Waals surface area contributed by atoms with Gasteiger partial charge in [0.2, 0.25) is 0 Å². The standard InChI is InChI=1S/C72H140O6/c1-4-7-10-13-16-19-22-25-27-29-31-33-35-37-39-41-43-45-47-50-53-56-59-62-65-71(74)77-68-69(67-76-70(73)64-61-58-55-52-49-24-21-18-15-12-9-6-3)78-72(75)66-63-60-57-54-51-48-46-44-42-40-38-36-34-32-30-28-26-23-20-17-14-11-8-5-2/h69H,4-68H2,1-3H3. The second-order valence-corrected chi connectivity index (χ2v) is 24.9. The molecule has 1 atom stereocenters. The number of carbonyl (C=O) groups is 3. The molecule has 0 aliphatic heterocycles. The zero-order valence-electron chi connectivity index (χ0n) is 53.5. The minimum Gasteiger partial charge on any atom is -0.462 e. The number of rotatable bonds is 68. The van der Waals surface area contributed by atoms with Crippen LogP contribution in [0.2, 0.25) is 0 Å². The van der Waals surface area contributed by atoms with Crippen LogP contribution >= 0.6 is 0 Å². The van der Waals surface area contributed by atoms with Crippen LogP contribution in [0.25, 0.3) is 0 Å². The highest BCUT2D eigenvalue weighted by Gasteiger charge is 2.20. The predicted octanol–water partition coefficient (Wildman–Crippen LogP) is 24.6. The Morgan fingerprint density at radius 3 is 0.513 bits per heavy atom. The second-order valence-electron chi connectivity index (χ2n) is 24.9. The summed E-state index contributed by atoms with van der Waals surface area (Å²) in [5.41, 5.74) is 0. The lowest BCUT2D eigenvalue weighted by Gasteiger charge is -2.18. The first-order valence-electron chi connectivity index (χ1n) is 36.0. The number of ether oxygens (including phenoxy) is 3. The molecule has 0 heterocycles. The lowest BCUT2D eigenvalue weighted by molar-refractivity contribution is -0.167. The molecule has 0 saturated carbocycles. The van der Waals surface area contributed by atoms with Crippen molar-refractivity contribution in [1.82, 2.24) is 0 Å². The van der Waals surface area contributed by atoms with E-state index in [2.05, 4.69) is 20.8 Å². The first-order valence-corrected chi connectivity index (χ1v) is 36.0. The van der Waals surface area contributed by atoms with Gasteiger partial charge in [0.1, 0.15) is 13.2 Å². The Kier molecular flexibility index (Phi) is 66.5. The molecule has 78 heavy (non-hydrogen) atoms. The predicted molar refractivity (Wildman–Crippen MR) is 340 cm³/mol. The Labute approximate surface area is 488 Å². The van der Waals surface area contributed by atoms with Gasteiger partial charge in [-0.1, -0.05) is 387 Å². The van der Waals surface area contributed by atoms with Crippen molar-refractivity contribution in [3.63, 3.8) is 0 Å². The molecule has 0 spiro atoms. The summed E-state index contributed by atoms with van der Waals surface area (Å²) in [4.78, 5) is 38.4. The Morgan fingerprint density at radius 1 is 0.205 bits per heavy atom. The fraction of sp³-hybridized carbons (Fsp3) is 0.958. The molecule has 0 fully saturated rings. The van der Waals surface area contributed by atoms with Crippen molar-refractivity contribution < 1.29 is 28.6 Å². The maximum Gasteiger partial charge on any atom is 0.306 e. The number of carbonyl (C=O) groups excluding carboxylic acids is 3. The van der Waals surface area contributed by atoms with Gasteiger partial charge in [-0.15, -0.1) is 0 Å². The summed E-state index contributed by atoms with van der Waals surface area (Å²) in [6.45, 7) is 6.74. The van der Waals surface area contributed by atoms with Crippen LogP contribution < -0.4 is 0 Å². The van der Waals surface area contributed by atoms with E-state index in [0.29, 0.717) is 19.3 Å². The van der Waals surface area contributed by atoms with Crippen molar-refractivity contribution in [2.75, 3.05) is 13.2 Å². The van der Waals surface area contributed by atoms with Crippen LogP contribution in [0.5, 0.6) is 0 Å². The molecule has 1 unspecified atom stereocenters. The Balaban J connectivity index is 4.16. The lowest BCUT2D eigenvalue weighted by Crippen LogP contribution is -2.30. The third kappa shape index (κ3) is 65.2. The summed E-state index contributed by atoms with van der Waals surface area (Å²) in [5, 5.41) is 0. The highest BCUT2D eigenvalue weighted by Crippen LogP contribution is 2.20. The highest BCUT2D eigenvalue weighted by atomic mass is 16.6. The quantitative estimate of drug-likeness (QED) is 0.0343. The van der Waals surface area contributed by atoms with Crippen LogP contribution in [0.3, 0.4) is 0 Å². The molecule has 0 aromatic carbocycles. The topological polar surface area (TPSA) is 78.9 Å². The van der Waals surface area contributed by atoms with Crippen LogP contribution in [0.1, 0.15) is 425 Å². The molecule has 0 aliphatic carbocycles. The maximum atomic E-state index is 13.0. The molecule has 6 heteroatoms. The minimum absolute atomic E-state index is 0.0602. The molecule has 0 aliphatic rings. The van der Waals surface area contributed by atoms with Crippen LogP contribution in [-0.4, -0.2) is 37.2 Å². The smallest absolute Gasteiger partial charge is 0.306 e. The van der Waals surface area contributed by atoms with E-state index in [1.807, 2.05) is 0 Å². The third-order valence-electron chi connectivity index (χ3n) is 16.9. The van der Waals surface area contributed by atoms with Gasteiger partial charge in [0.05, 0.1) is 0 Å². The van der Waals surface area contributed by atoms with Crippen LogP contribution in [0.4, 0.5) is 0 Å². The number of unbranched alkanes of at least 4 members (excludes halogenated alkanes) is 57. The molecule has 6 nitrogen and oxygen atoms in total. The van der Waals surface area contributed by atoms with E-state index in [1.165, 1.54) is 327 Å². The van der Waals surface area contributed by atoms with Gasteiger partial charge >= 0.3 is 17.9 Å². The number of esters is 3. The first-order chi connectivity index (χ1) is 38.5. The molecular formula is C72H140O6. The first kappa shape index (κ1) is 76.4. The van der Waals surface area contributed by atoms with Gasteiger partial charge in [0.25, 0.3) is 0 Å². The molecule has 0 bridgehead atoms. The molecule has 0 saturated heterocycles. The fourth-order valence-electron chi connectivity index (χ4n) is 11.5. The fourth-order valence-corrected chi connectivity index (χ4v) is 11.5. The summed E-state index contributed by atoms with van der Waals surface area (Å²) < 4.78 is 17.0. The van der Waals surface area contributed by atoms with Crippen molar-refractivity contribution in [1.29, 1.82) is 0 Å². The summed E-state index contributed by atoms with van der Waals surface area (Å²) in [6, 6.07) is 0. The second kappa shape index (κ2) is 67.9. The summed E-state index contributed by atoms with van der Waals surface area (Å²) in [6.07, 6.45) is 80.0. The van der Waals surface area contributed by atoms with Gasteiger partial charge in [0.15, 0.2) is 6.10 Å². The van der Waals surface area contributed by atoms with Crippen molar-refractivity contribution in [3.05, 3.63) is 0 Å². The molecule has 0 aromatic heterocycles. The largest absolute Gasteiger partial charge is 0.462 e. The lowest BCUT2D eigenvalue weighted by atomic mass is 10.0. The Morgan fingerprint density at radius 2 is 0.346 bits per heavy atom. The monoisotopic (exact) mass is 1100 g/mol. The van der Waals surface area contributed by atoms with E-state index in [1.54, 1.807) is 0 Å². The van der Waals surface area contributed by atoms with E-state index in [0.717, 1.165) is 57.8 Å². The Bertz CT molecular complexity index is 1170. The van der Waals surface area contributed by atoms with Gasteiger partial charge in [-0.05, 0) is 19.3 Å². The zero-order chi connectivity index (χ0) is 56.4. The number of hydrogen-bond acceptors (Lipinski definition) is 6. The van der Waals surface area contributed by atoms with Gasteiger partial charge in [-0.2, -0.15) is 0 Å². The molecule has 464 valence electrons. The molecule has 0 amide bonds. The van der Waals surface area contributed by atoms with E-state index in [4.69, 9.17) is 14.2 Å². The average molecular weight is 1100 g/mol. The van der Waals surface area contributed by atoms with Gasteiger partial charge in [0, 0.05) is 19.3 Å². The van der Waals surface area contributed by atoms with Crippen molar-refractivity contribution in [2.45, 2.75) is 431 Å². The maximum absolute atomic E-state index is 13.0. The van der Waals surface area contributed by atoms with Crippen LogP contribution in [-0.2, 0) is 28.6 Å². The SMILES string of the molecule is CCCCCCCCCCCCCCCCCCCCCCCCCCC(=O)OCC(COC(=O)CCCCCCCCCCCCCC)OC(=O)CCCCCCCCCCCCCCCCCCCCCCCCCC. The van der Waals surface area contributed by atoms with Crippen molar-refractivity contribution in [2.24, 2.45) is 0 Å². The van der Waals surface area contributed by atoms with Crippen molar-refractivity contribution >= 4 is 17.9 Å². The average Bonchev–Trinajstić information content (AvgIpc) is 3.44. The van der Waals surface area contributed by atoms with Crippen LogP contribution in [0.15, 0.2) is 0 Å². The molecule has 0 rings (SSSR count). The molecule has 0 aromatic rings. The summed E-state index contributed by atoms with van der Waals surface area (Å²) in [5.74, 6) is -0.820. The van der Waals surface area contributed by atoms with Gasteiger partial charge < -0.3 is 14.2 Å². The van der Waals surface area contributed by atoms with E-state index >= 15 is 0 Å². The zero-order valence-corrected chi connectivity index (χ0v) is 53.5. The van der Waals surface area contributed by atoms with E-state index < -0.39 is 6.10 Å². The molecular weight excluding hydrogens is 961 g/mol. The summed E-state index contributed by atoms with van der Waals surface area (Å²) in [7, 11) is 0. The van der Waals surface area contributed by atoms with E-state index in [-0.39, 0.29) is 31.1 Å². The van der Waals surface area contributed by atoms with Gasteiger partial charge in [-0.3, -0.25) is 14.4 Å². The highest BCUT2D eigenvalue weighted by molar-refractivity contribution is 5.71. The number of hydrogen-bond donors (Lipinski definition) is 0. The van der Waals surface area contributed by atoms with Crippen LogP contribution in [0, 0.1) is 0 Å². The summed E-state index contributed by atoms with van der Waals surface area (Å²) >= 11 is 0. The van der Waals surface area contributed by atoms with Gasteiger partial charge in [-0.25, -0.2) is 0 Å². The molecule has 0 N–H and O–H groups in total.